The summed E-state index contributed by atoms with van der Waals surface area (Å²) in [6.45, 7) is 17.7. The zero-order chi connectivity index (χ0) is 21.7. The van der Waals surface area contributed by atoms with Crippen molar-refractivity contribution >= 4 is 17.9 Å². The Morgan fingerprint density at radius 2 is 1.27 bits per heavy atom. The van der Waals surface area contributed by atoms with Gasteiger partial charge >= 0.3 is 19.5 Å². The van der Waals surface area contributed by atoms with Crippen molar-refractivity contribution in [1.29, 1.82) is 0 Å². The van der Waals surface area contributed by atoms with E-state index >= 15 is 0 Å². The van der Waals surface area contributed by atoms with Crippen LogP contribution in [0.4, 0.5) is 0 Å². The molecule has 1 fully saturated rings. The summed E-state index contributed by atoms with van der Waals surface area (Å²) in [6, 6.07) is 19.9. The summed E-state index contributed by atoms with van der Waals surface area (Å²) < 4.78 is 14.2. The van der Waals surface area contributed by atoms with Crippen LogP contribution in [0.5, 0.6) is 0 Å². The third kappa shape index (κ3) is 8.39. The molecule has 0 radical (unpaired) electrons. The molecule has 0 saturated carbocycles. The molecule has 3 nitrogen and oxygen atoms in total. The minimum Gasteiger partial charge on any atom is -0.346 e. The van der Waals surface area contributed by atoms with Gasteiger partial charge in [-0.15, -0.1) is 0 Å². The Kier molecular flexibility index (Phi) is 15.5. The Hall–Kier alpha value is -0.787. The minimum absolute atomic E-state index is 0. The summed E-state index contributed by atoms with van der Waals surface area (Å²) in [4.78, 5) is 2.50. The molecule has 1 atom stereocenters. The van der Waals surface area contributed by atoms with E-state index in [2.05, 4.69) is 37.7 Å². The predicted molar refractivity (Wildman–Crippen MR) is 129 cm³/mol. The van der Waals surface area contributed by atoms with E-state index in [1.807, 2.05) is 60.7 Å². The van der Waals surface area contributed by atoms with Crippen LogP contribution in [0.2, 0.25) is 0 Å². The average molecular weight is 480 g/mol. The van der Waals surface area contributed by atoms with Crippen molar-refractivity contribution in [2.45, 2.75) is 46.6 Å². The summed E-state index contributed by atoms with van der Waals surface area (Å²) in [5, 5.41) is 5.37. The van der Waals surface area contributed by atoms with Gasteiger partial charge in [0.1, 0.15) is 0 Å². The van der Waals surface area contributed by atoms with Gasteiger partial charge in [-0.2, -0.15) is 13.8 Å². The third-order valence-electron chi connectivity index (χ3n) is 5.05. The van der Waals surface area contributed by atoms with Crippen LogP contribution in [-0.2, 0) is 24.0 Å². The van der Waals surface area contributed by atoms with Crippen molar-refractivity contribution in [2.75, 3.05) is 19.6 Å². The Balaban J connectivity index is 0.00000159. The van der Waals surface area contributed by atoms with Crippen molar-refractivity contribution in [1.82, 2.24) is 9.99 Å². The molecule has 0 spiro atoms. The van der Waals surface area contributed by atoms with E-state index in [9.17, 15) is 4.57 Å². The van der Waals surface area contributed by atoms with Crippen LogP contribution in [0, 0.1) is 19.8 Å². The Labute approximate surface area is 198 Å². The SMILES string of the molecule is CC(C)[C@@H](CN1CCCC1)NP(=O)(c1ccccc1)c1ccccc1.[CH2-]C.[CH2-]C.[Zn+2]. The third-order valence-corrected chi connectivity index (χ3v) is 7.79. The average Bonchev–Trinajstić information content (AvgIpc) is 3.30. The van der Waals surface area contributed by atoms with Gasteiger partial charge in [0, 0.05) is 23.2 Å². The number of hydrogen-bond acceptors (Lipinski definition) is 2. The zero-order valence-corrected chi connectivity index (χ0v) is 23.2. The normalized spacial score (nSPS) is 14.6. The van der Waals surface area contributed by atoms with Gasteiger partial charge < -0.3 is 18.7 Å². The first-order valence-electron chi connectivity index (χ1n) is 10.7. The quantitative estimate of drug-likeness (QED) is 0.332. The monoisotopic (exact) mass is 478 g/mol. The van der Waals surface area contributed by atoms with Gasteiger partial charge in [0.05, 0.1) is 0 Å². The molecule has 30 heavy (non-hydrogen) atoms. The smallest absolute Gasteiger partial charge is 0.346 e. The van der Waals surface area contributed by atoms with Crippen molar-refractivity contribution in [3.63, 3.8) is 0 Å². The second-order valence-corrected chi connectivity index (χ2v) is 9.78. The molecule has 0 amide bonds. The second-order valence-electron chi connectivity index (χ2n) is 7.27. The van der Waals surface area contributed by atoms with Gasteiger partial charge in [-0.05, 0) is 56.1 Å². The van der Waals surface area contributed by atoms with Crippen LogP contribution < -0.4 is 15.7 Å². The maximum atomic E-state index is 14.2. The summed E-state index contributed by atoms with van der Waals surface area (Å²) >= 11 is 0. The fraction of sp³-hybridized carbons (Fsp3) is 0.440. The molecule has 1 aliphatic rings. The number of nitrogens with zero attached hydrogens (tertiary/aromatic N) is 1. The number of likely N-dealkylation sites (tertiary alicyclic amines) is 1. The van der Waals surface area contributed by atoms with E-state index in [4.69, 9.17) is 0 Å². The van der Waals surface area contributed by atoms with Gasteiger partial charge in [0.25, 0.3) is 0 Å². The fourth-order valence-corrected chi connectivity index (χ4v) is 6.08. The molecular weight excluding hydrogens is 441 g/mol. The molecule has 1 heterocycles. The van der Waals surface area contributed by atoms with Crippen molar-refractivity contribution < 1.29 is 24.0 Å². The van der Waals surface area contributed by atoms with Crippen LogP contribution in [0.25, 0.3) is 0 Å². The van der Waals surface area contributed by atoms with Gasteiger partial charge in [-0.1, -0.05) is 50.2 Å². The molecule has 5 heteroatoms. The molecule has 0 aliphatic carbocycles. The molecule has 2 aromatic rings. The van der Waals surface area contributed by atoms with Crippen molar-refractivity contribution in [2.24, 2.45) is 5.92 Å². The van der Waals surface area contributed by atoms with E-state index in [1.54, 1.807) is 13.8 Å². The number of rotatable bonds is 7. The van der Waals surface area contributed by atoms with Gasteiger partial charge in [0.15, 0.2) is 0 Å². The van der Waals surface area contributed by atoms with Crippen LogP contribution in [0.1, 0.15) is 40.5 Å². The van der Waals surface area contributed by atoms with Crippen molar-refractivity contribution in [3.05, 3.63) is 74.5 Å². The first-order valence-corrected chi connectivity index (χ1v) is 12.4. The molecular formula is C25H39N2OPZn. The fourth-order valence-electron chi connectivity index (χ4n) is 3.45. The molecule has 162 valence electrons. The van der Waals surface area contributed by atoms with Crippen molar-refractivity contribution in [3.8, 4) is 0 Å². The Morgan fingerprint density at radius 1 is 0.867 bits per heavy atom. The largest absolute Gasteiger partial charge is 2.00 e. The standard InChI is InChI=1S/C21H29N2OP.2C2H5.Zn/c1-18(2)21(17-23-15-9-10-16-23)22-25(24,19-11-5-3-6-12-19)20-13-7-4-8-14-20;2*1-2;/h3-8,11-14,18,21H,9-10,15-17H2,1-2H3,(H,22,24);2*1H2,2H3;/q;2*-1;+2/t21-;;;/m1.../s1. The van der Waals surface area contributed by atoms with E-state index in [0.717, 1.165) is 30.2 Å². The summed E-state index contributed by atoms with van der Waals surface area (Å²) in [5.41, 5.74) is 0. The Morgan fingerprint density at radius 3 is 1.63 bits per heavy atom. The topological polar surface area (TPSA) is 32.3 Å². The molecule has 0 unspecified atom stereocenters. The number of hydrogen-bond donors (Lipinski definition) is 1. The van der Waals surface area contributed by atoms with E-state index in [1.165, 1.54) is 12.8 Å². The minimum atomic E-state index is -2.87. The maximum absolute atomic E-state index is 14.2. The van der Waals surface area contributed by atoms with Crippen LogP contribution in [0.3, 0.4) is 0 Å². The van der Waals surface area contributed by atoms with Crippen LogP contribution >= 0.6 is 7.29 Å². The first-order chi connectivity index (χ1) is 14.1. The molecule has 0 bridgehead atoms. The van der Waals surface area contributed by atoms with E-state index in [0.29, 0.717) is 5.92 Å². The zero-order valence-electron chi connectivity index (χ0n) is 19.4. The molecule has 1 saturated heterocycles. The molecule has 1 N–H and O–H groups in total. The molecule has 2 aromatic carbocycles. The maximum Gasteiger partial charge on any atom is 2.00 e. The summed E-state index contributed by atoms with van der Waals surface area (Å²) in [7, 11) is -2.87. The van der Waals surface area contributed by atoms with Gasteiger partial charge in [0.2, 0.25) is 7.29 Å². The number of benzene rings is 2. The summed E-state index contributed by atoms with van der Waals surface area (Å²) in [5.74, 6) is 0.418. The van der Waals surface area contributed by atoms with Crippen LogP contribution in [-0.4, -0.2) is 30.6 Å². The molecule has 3 rings (SSSR count). The Bertz CT molecular complexity index is 660. The molecule has 0 aromatic heterocycles. The molecule has 1 aliphatic heterocycles. The van der Waals surface area contributed by atoms with Gasteiger partial charge in [-0.3, -0.25) is 9.65 Å². The van der Waals surface area contributed by atoms with Gasteiger partial charge in [-0.25, -0.2) is 0 Å². The summed E-state index contributed by atoms with van der Waals surface area (Å²) in [6.07, 6.45) is 2.56. The van der Waals surface area contributed by atoms with E-state index < -0.39 is 7.29 Å². The van der Waals surface area contributed by atoms with Crippen LogP contribution in [0.15, 0.2) is 60.7 Å². The van der Waals surface area contributed by atoms with E-state index in [-0.39, 0.29) is 25.5 Å². The second kappa shape index (κ2) is 15.9. The number of nitrogens with one attached hydrogen (secondary N) is 1. The first kappa shape index (κ1) is 29.2. The predicted octanol–water partition coefficient (Wildman–Crippen LogP) is 5.30.